The highest BCUT2D eigenvalue weighted by atomic mass is 16.7. The summed E-state index contributed by atoms with van der Waals surface area (Å²) in [5.74, 6) is 1.37. The van der Waals surface area contributed by atoms with Crippen LogP contribution in [0, 0.1) is 0 Å². The molecule has 1 N–H and O–H groups in total. The van der Waals surface area contributed by atoms with E-state index in [1.807, 2.05) is 30.3 Å². The molecule has 0 aliphatic rings. The molecule has 0 aromatic heterocycles. The Morgan fingerprint density at radius 1 is 0.952 bits per heavy atom. The van der Waals surface area contributed by atoms with E-state index in [1.165, 1.54) is 0 Å². The molecule has 0 saturated carbocycles. The summed E-state index contributed by atoms with van der Waals surface area (Å²) in [6.45, 7) is 2.02. The van der Waals surface area contributed by atoms with Gasteiger partial charge in [-0.3, -0.25) is 0 Å². The highest BCUT2D eigenvalue weighted by Crippen LogP contribution is 2.19. The quantitative estimate of drug-likeness (QED) is 0.796. The van der Waals surface area contributed by atoms with E-state index in [0.717, 1.165) is 11.3 Å². The largest absolute Gasteiger partial charge is 0.497 e. The van der Waals surface area contributed by atoms with Crippen LogP contribution in [-0.4, -0.2) is 24.6 Å². The Labute approximate surface area is 124 Å². The van der Waals surface area contributed by atoms with Crippen LogP contribution in [0.3, 0.4) is 0 Å². The number of rotatable bonds is 7. The Kier molecular flexibility index (Phi) is 5.60. The molecule has 0 fully saturated rings. The van der Waals surface area contributed by atoms with Gasteiger partial charge in [0, 0.05) is 0 Å². The van der Waals surface area contributed by atoms with Crippen LogP contribution in [0.4, 0.5) is 0 Å². The van der Waals surface area contributed by atoms with Crippen molar-refractivity contribution in [2.75, 3.05) is 7.11 Å². The molecule has 2 atom stereocenters. The van der Waals surface area contributed by atoms with Crippen molar-refractivity contribution in [2.24, 2.45) is 0 Å². The van der Waals surface area contributed by atoms with Gasteiger partial charge < -0.3 is 19.3 Å². The number of hydrogen-bond acceptors (Lipinski definition) is 4. The van der Waals surface area contributed by atoms with E-state index in [-0.39, 0.29) is 0 Å². The van der Waals surface area contributed by atoms with Gasteiger partial charge in [-0.25, -0.2) is 0 Å². The molecule has 112 valence electrons. The Morgan fingerprint density at radius 2 is 1.57 bits per heavy atom. The van der Waals surface area contributed by atoms with Gasteiger partial charge in [0.05, 0.1) is 13.7 Å². The summed E-state index contributed by atoms with van der Waals surface area (Å²) in [6, 6.07) is 16.9. The van der Waals surface area contributed by atoms with Gasteiger partial charge in [0.25, 0.3) is 0 Å². The molecule has 2 rings (SSSR count). The van der Waals surface area contributed by atoms with Gasteiger partial charge in [-0.15, -0.1) is 0 Å². The summed E-state index contributed by atoms with van der Waals surface area (Å²) in [5.41, 5.74) is 1.03. The van der Waals surface area contributed by atoms with Crippen molar-refractivity contribution in [1.82, 2.24) is 0 Å². The minimum Gasteiger partial charge on any atom is -0.497 e. The molecule has 21 heavy (non-hydrogen) atoms. The van der Waals surface area contributed by atoms with Crippen LogP contribution in [0.1, 0.15) is 12.5 Å². The fraction of sp³-hybridized carbons (Fsp3) is 0.294. The van der Waals surface area contributed by atoms with E-state index in [0.29, 0.717) is 12.4 Å². The van der Waals surface area contributed by atoms with E-state index in [9.17, 15) is 5.11 Å². The van der Waals surface area contributed by atoms with Crippen molar-refractivity contribution in [1.29, 1.82) is 0 Å². The third-order valence-electron chi connectivity index (χ3n) is 2.96. The molecule has 0 heterocycles. The molecule has 4 heteroatoms. The summed E-state index contributed by atoms with van der Waals surface area (Å²) < 4.78 is 16.4. The molecule has 0 bridgehead atoms. The fourth-order valence-corrected chi connectivity index (χ4v) is 1.81. The van der Waals surface area contributed by atoms with Crippen LogP contribution < -0.4 is 9.47 Å². The van der Waals surface area contributed by atoms with Crippen molar-refractivity contribution in [2.45, 2.75) is 25.9 Å². The zero-order chi connectivity index (χ0) is 15.1. The number of ether oxygens (including phenoxy) is 3. The van der Waals surface area contributed by atoms with Crippen LogP contribution in [0.25, 0.3) is 0 Å². The van der Waals surface area contributed by atoms with E-state index in [2.05, 4.69) is 0 Å². The van der Waals surface area contributed by atoms with Crippen molar-refractivity contribution in [3.8, 4) is 11.5 Å². The van der Waals surface area contributed by atoms with Crippen molar-refractivity contribution >= 4 is 0 Å². The topological polar surface area (TPSA) is 47.9 Å². The Morgan fingerprint density at radius 3 is 2.14 bits per heavy atom. The number of hydrogen-bond donors (Lipinski definition) is 1. The third-order valence-corrected chi connectivity index (χ3v) is 2.96. The Hall–Kier alpha value is -2.04. The lowest BCUT2D eigenvalue weighted by atomic mass is 10.2. The molecule has 2 unspecified atom stereocenters. The first kappa shape index (κ1) is 15.4. The normalized spacial score (nSPS) is 13.5. The van der Waals surface area contributed by atoms with Gasteiger partial charge in [-0.2, -0.15) is 0 Å². The maximum atomic E-state index is 9.78. The van der Waals surface area contributed by atoms with Gasteiger partial charge in [-0.05, 0) is 36.8 Å². The fourth-order valence-electron chi connectivity index (χ4n) is 1.81. The second-order valence-corrected chi connectivity index (χ2v) is 4.70. The monoisotopic (exact) mass is 288 g/mol. The zero-order valence-electron chi connectivity index (χ0n) is 12.2. The lowest BCUT2D eigenvalue weighted by molar-refractivity contribution is -0.146. The molecule has 0 spiro atoms. The summed E-state index contributed by atoms with van der Waals surface area (Å²) in [6.07, 6.45) is -1.46. The molecule has 0 saturated heterocycles. The van der Waals surface area contributed by atoms with Gasteiger partial charge in [0.15, 0.2) is 0 Å². The van der Waals surface area contributed by atoms with Crippen LogP contribution >= 0.6 is 0 Å². The summed E-state index contributed by atoms with van der Waals surface area (Å²) >= 11 is 0. The molecule has 0 aliphatic carbocycles. The number of aliphatic hydroxyl groups excluding tert-OH is 1. The van der Waals surface area contributed by atoms with Crippen LogP contribution in [0.15, 0.2) is 54.6 Å². The Bertz CT molecular complexity index is 522. The van der Waals surface area contributed by atoms with E-state index in [4.69, 9.17) is 14.2 Å². The number of benzene rings is 2. The van der Waals surface area contributed by atoms with Crippen LogP contribution in [0.5, 0.6) is 11.5 Å². The average molecular weight is 288 g/mol. The first-order valence-corrected chi connectivity index (χ1v) is 6.83. The molecular formula is C17H20O4. The van der Waals surface area contributed by atoms with Crippen LogP contribution in [0.2, 0.25) is 0 Å². The first-order chi connectivity index (χ1) is 10.2. The zero-order valence-corrected chi connectivity index (χ0v) is 12.2. The van der Waals surface area contributed by atoms with E-state index < -0.39 is 12.4 Å². The maximum absolute atomic E-state index is 9.78. The van der Waals surface area contributed by atoms with Gasteiger partial charge >= 0.3 is 0 Å². The first-order valence-electron chi connectivity index (χ1n) is 6.83. The third kappa shape index (κ3) is 4.77. The standard InChI is InChI=1S/C17H20O4/c1-13(18)17(20-12-14-6-4-3-5-7-14)21-16-10-8-15(19-2)9-11-16/h3-11,13,17-18H,12H2,1-2H3. The highest BCUT2D eigenvalue weighted by molar-refractivity contribution is 5.31. The number of methoxy groups -OCH3 is 1. The minimum absolute atomic E-state index is 0.382. The SMILES string of the molecule is COc1ccc(OC(OCc2ccccc2)C(C)O)cc1. The van der Waals surface area contributed by atoms with Crippen molar-refractivity contribution in [3.05, 3.63) is 60.2 Å². The molecular weight excluding hydrogens is 268 g/mol. The second-order valence-electron chi connectivity index (χ2n) is 4.70. The lowest BCUT2D eigenvalue weighted by Gasteiger charge is -2.22. The predicted octanol–water partition coefficient (Wildman–Crippen LogP) is 3.00. The molecule has 4 nitrogen and oxygen atoms in total. The van der Waals surface area contributed by atoms with Gasteiger partial charge in [-0.1, -0.05) is 30.3 Å². The molecule has 2 aromatic carbocycles. The summed E-state index contributed by atoms with van der Waals surface area (Å²) in [4.78, 5) is 0. The lowest BCUT2D eigenvalue weighted by Crippen LogP contribution is -2.32. The van der Waals surface area contributed by atoms with Gasteiger partial charge in [0.2, 0.25) is 6.29 Å². The van der Waals surface area contributed by atoms with Crippen LogP contribution in [-0.2, 0) is 11.3 Å². The maximum Gasteiger partial charge on any atom is 0.226 e. The van der Waals surface area contributed by atoms with Crippen molar-refractivity contribution in [3.63, 3.8) is 0 Å². The summed E-state index contributed by atoms with van der Waals surface area (Å²) in [5, 5.41) is 9.78. The summed E-state index contributed by atoms with van der Waals surface area (Å²) in [7, 11) is 1.61. The molecule has 0 aliphatic heterocycles. The molecule has 0 amide bonds. The molecule has 2 aromatic rings. The average Bonchev–Trinajstić information content (AvgIpc) is 2.52. The van der Waals surface area contributed by atoms with E-state index in [1.54, 1.807) is 38.3 Å². The van der Waals surface area contributed by atoms with E-state index >= 15 is 0 Å². The Balaban J connectivity index is 1.95. The minimum atomic E-state index is -0.740. The second kappa shape index (κ2) is 7.67. The molecule has 0 radical (unpaired) electrons. The van der Waals surface area contributed by atoms with Crippen molar-refractivity contribution < 1.29 is 19.3 Å². The number of aliphatic hydroxyl groups is 1. The van der Waals surface area contributed by atoms with Gasteiger partial charge in [0.1, 0.15) is 17.6 Å². The highest BCUT2D eigenvalue weighted by Gasteiger charge is 2.17. The smallest absolute Gasteiger partial charge is 0.226 e. The predicted molar refractivity (Wildman–Crippen MR) is 80.3 cm³/mol.